The summed E-state index contributed by atoms with van der Waals surface area (Å²) in [4.78, 5) is 4.17. The van der Waals surface area contributed by atoms with Crippen molar-refractivity contribution >= 4 is 21.4 Å². The van der Waals surface area contributed by atoms with Crippen molar-refractivity contribution in [2.75, 3.05) is 0 Å². The van der Waals surface area contributed by atoms with E-state index in [1.165, 1.54) is 26.8 Å². The minimum absolute atomic E-state index is 0.865. The minimum Gasteiger partial charge on any atom is -0.308 e. The lowest BCUT2D eigenvalue weighted by Crippen LogP contribution is -2.13. The van der Waals surface area contributed by atoms with E-state index in [0.717, 1.165) is 13.1 Å². The molecule has 3 heteroatoms. The highest BCUT2D eigenvalue weighted by Gasteiger charge is 2.03. The largest absolute Gasteiger partial charge is 0.308 e. The Kier molecular flexibility index (Phi) is 3.58. The van der Waals surface area contributed by atoms with Crippen LogP contribution in [0, 0.1) is 6.92 Å². The Morgan fingerprint density at radius 3 is 2.84 bits per heavy atom. The number of fused-ring (bicyclic) bond motifs is 1. The van der Waals surface area contributed by atoms with Crippen molar-refractivity contribution in [1.82, 2.24) is 10.3 Å². The van der Waals surface area contributed by atoms with Gasteiger partial charge in [0.25, 0.3) is 0 Å². The van der Waals surface area contributed by atoms with Crippen molar-refractivity contribution in [3.63, 3.8) is 0 Å². The highest BCUT2D eigenvalue weighted by Crippen LogP contribution is 2.25. The smallest absolute Gasteiger partial charge is 0.0346 e. The predicted octanol–water partition coefficient (Wildman–Crippen LogP) is 3.89. The summed E-state index contributed by atoms with van der Waals surface area (Å²) < 4.78 is 1.36. The van der Waals surface area contributed by atoms with E-state index in [-0.39, 0.29) is 0 Å². The zero-order valence-electron chi connectivity index (χ0n) is 10.9. The molecule has 0 aliphatic carbocycles. The maximum atomic E-state index is 4.17. The standard InChI is InChI=1S/C16H16N2S/c1-12-6-7-17-8-13(12)9-18-10-14-11-19-16-5-3-2-4-15(14)16/h2-8,11,18H,9-10H2,1H3. The topological polar surface area (TPSA) is 24.9 Å². The molecule has 0 amide bonds. The van der Waals surface area contributed by atoms with Crippen LogP contribution in [-0.4, -0.2) is 4.98 Å². The van der Waals surface area contributed by atoms with Crippen molar-refractivity contribution in [3.05, 3.63) is 64.8 Å². The predicted molar refractivity (Wildman–Crippen MR) is 81.3 cm³/mol. The SMILES string of the molecule is Cc1ccncc1CNCc1csc2ccccc12. The number of nitrogens with one attached hydrogen (secondary N) is 1. The summed E-state index contributed by atoms with van der Waals surface area (Å²) in [6.45, 7) is 3.89. The zero-order valence-corrected chi connectivity index (χ0v) is 11.7. The fourth-order valence-corrected chi connectivity index (χ4v) is 3.15. The summed E-state index contributed by atoms with van der Waals surface area (Å²) in [5.41, 5.74) is 3.93. The van der Waals surface area contributed by atoms with Crippen LogP contribution in [0.5, 0.6) is 0 Å². The highest BCUT2D eigenvalue weighted by molar-refractivity contribution is 7.17. The Bertz CT molecular complexity index is 688. The number of benzene rings is 1. The molecule has 0 spiro atoms. The van der Waals surface area contributed by atoms with Crippen LogP contribution in [0.15, 0.2) is 48.1 Å². The van der Waals surface area contributed by atoms with Gasteiger partial charge in [-0.1, -0.05) is 18.2 Å². The van der Waals surface area contributed by atoms with Crippen LogP contribution in [-0.2, 0) is 13.1 Å². The Labute approximate surface area is 117 Å². The second-order valence-electron chi connectivity index (χ2n) is 4.66. The lowest BCUT2D eigenvalue weighted by molar-refractivity contribution is 0.692. The molecule has 0 atom stereocenters. The average Bonchev–Trinajstić information content (AvgIpc) is 2.85. The Morgan fingerprint density at radius 1 is 1.11 bits per heavy atom. The summed E-state index contributed by atoms with van der Waals surface area (Å²) in [7, 11) is 0. The zero-order chi connectivity index (χ0) is 13.1. The molecular formula is C16H16N2S. The molecule has 0 bridgehead atoms. The van der Waals surface area contributed by atoms with Crippen LogP contribution < -0.4 is 5.32 Å². The van der Waals surface area contributed by atoms with Crippen LogP contribution in [0.2, 0.25) is 0 Å². The maximum absolute atomic E-state index is 4.17. The molecule has 2 nitrogen and oxygen atoms in total. The van der Waals surface area contributed by atoms with Gasteiger partial charge in [-0.15, -0.1) is 11.3 Å². The molecule has 2 aromatic heterocycles. The van der Waals surface area contributed by atoms with Gasteiger partial charge in [0.05, 0.1) is 0 Å². The Morgan fingerprint density at radius 2 is 1.95 bits per heavy atom. The minimum atomic E-state index is 0.865. The second-order valence-corrected chi connectivity index (χ2v) is 5.57. The monoisotopic (exact) mass is 268 g/mol. The van der Waals surface area contributed by atoms with Gasteiger partial charge in [0.15, 0.2) is 0 Å². The quantitative estimate of drug-likeness (QED) is 0.776. The van der Waals surface area contributed by atoms with E-state index in [1.807, 2.05) is 23.7 Å². The van der Waals surface area contributed by atoms with Crippen LogP contribution in [0.25, 0.3) is 10.1 Å². The lowest BCUT2D eigenvalue weighted by atomic mass is 10.1. The first-order chi connectivity index (χ1) is 9.34. The molecular weight excluding hydrogens is 252 g/mol. The summed E-state index contributed by atoms with van der Waals surface area (Å²) in [5.74, 6) is 0. The van der Waals surface area contributed by atoms with E-state index in [2.05, 4.69) is 52.9 Å². The number of pyridine rings is 1. The number of hydrogen-bond acceptors (Lipinski definition) is 3. The van der Waals surface area contributed by atoms with Gasteiger partial charge in [0, 0.05) is 30.2 Å². The molecule has 0 saturated carbocycles. The third-order valence-corrected chi connectivity index (χ3v) is 4.35. The van der Waals surface area contributed by atoms with E-state index in [0.29, 0.717) is 0 Å². The van der Waals surface area contributed by atoms with E-state index < -0.39 is 0 Å². The first-order valence-electron chi connectivity index (χ1n) is 6.40. The first-order valence-corrected chi connectivity index (χ1v) is 7.28. The van der Waals surface area contributed by atoms with Crippen LogP contribution in [0.4, 0.5) is 0 Å². The maximum Gasteiger partial charge on any atom is 0.0346 e. The Hall–Kier alpha value is -1.71. The van der Waals surface area contributed by atoms with E-state index in [1.54, 1.807) is 0 Å². The molecule has 3 rings (SSSR count). The summed E-state index contributed by atoms with van der Waals surface area (Å²) in [6.07, 6.45) is 3.78. The summed E-state index contributed by atoms with van der Waals surface area (Å²) >= 11 is 1.81. The molecule has 19 heavy (non-hydrogen) atoms. The van der Waals surface area contributed by atoms with Gasteiger partial charge < -0.3 is 5.32 Å². The van der Waals surface area contributed by atoms with E-state index in [4.69, 9.17) is 0 Å². The molecule has 96 valence electrons. The van der Waals surface area contributed by atoms with Gasteiger partial charge in [-0.2, -0.15) is 0 Å². The molecule has 1 N–H and O–H groups in total. The van der Waals surface area contributed by atoms with Gasteiger partial charge in [-0.05, 0) is 46.5 Å². The summed E-state index contributed by atoms with van der Waals surface area (Å²) in [6, 6.07) is 10.6. The van der Waals surface area contributed by atoms with Crippen LogP contribution >= 0.6 is 11.3 Å². The number of aromatic nitrogens is 1. The molecule has 0 aliphatic heterocycles. The first kappa shape index (κ1) is 12.3. The van der Waals surface area contributed by atoms with E-state index in [9.17, 15) is 0 Å². The van der Waals surface area contributed by atoms with Crippen molar-refractivity contribution in [2.24, 2.45) is 0 Å². The second kappa shape index (κ2) is 5.51. The lowest BCUT2D eigenvalue weighted by Gasteiger charge is -2.06. The number of aryl methyl sites for hydroxylation is 1. The third-order valence-electron chi connectivity index (χ3n) is 3.34. The number of thiophene rings is 1. The van der Waals surface area contributed by atoms with Crippen molar-refractivity contribution in [3.8, 4) is 0 Å². The van der Waals surface area contributed by atoms with Crippen molar-refractivity contribution in [2.45, 2.75) is 20.0 Å². The van der Waals surface area contributed by atoms with Gasteiger partial charge in [0.2, 0.25) is 0 Å². The number of rotatable bonds is 4. The fourth-order valence-electron chi connectivity index (χ4n) is 2.18. The average molecular weight is 268 g/mol. The van der Waals surface area contributed by atoms with Gasteiger partial charge in [-0.3, -0.25) is 4.98 Å². The third kappa shape index (κ3) is 2.67. The van der Waals surface area contributed by atoms with Crippen molar-refractivity contribution < 1.29 is 0 Å². The van der Waals surface area contributed by atoms with Gasteiger partial charge in [0.1, 0.15) is 0 Å². The molecule has 3 aromatic rings. The van der Waals surface area contributed by atoms with E-state index >= 15 is 0 Å². The van der Waals surface area contributed by atoms with Gasteiger partial charge in [-0.25, -0.2) is 0 Å². The molecule has 0 aliphatic rings. The Balaban J connectivity index is 1.68. The number of nitrogens with zero attached hydrogens (tertiary/aromatic N) is 1. The highest BCUT2D eigenvalue weighted by atomic mass is 32.1. The van der Waals surface area contributed by atoms with Gasteiger partial charge >= 0.3 is 0 Å². The molecule has 1 aromatic carbocycles. The van der Waals surface area contributed by atoms with Crippen molar-refractivity contribution in [1.29, 1.82) is 0 Å². The molecule has 0 saturated heterocycles. The molecule has 0 fully saturated rings. The molecule has 0 unspecified atom stereocenters. The summed E-state index contributed by atoms with van der Waals surface area (Å²) in [5, 5.41) is 7.11. The molecule has 0 radical (unpaired) electrons. The van der Waals surface area contributed by atoms with Crippen LogP contribution in [0.1, 0.15) is 16.7 Å². The fraction of sp³-hybridized carbons (Fsp3) is 0.188. The van der Waals surface area contributed by atoms with Crippen LogP contribution in [0.3, 0.4) is 0 Å². The molecule has 2 heterocycles. The number of hydrogen-bond donors (Lipinski definition) is 1. The normalized spacial score (nSPS) is 11.0.